The zero-order valence-corrected chi connectivity index (χ0v) is 17.1. The van der Waals surface area contributed by atoms with Gasteiger partial charge >= 0.3 is 0 Å². The summed E-state index contributed by atoms with van der Waals surface area (Å²) in [6.45, 7) is 5.13. The van der Waals surface area contributed by atoms with E-state index >= 15 is 0 Å². The molecule has 0 aromatic heterocycles. The summed E-state index contributed by atoms with van der Waals surface area (Å²) < 4.78 is 10.7. The maximum Gasteiger partial charge on any atom is 0.293 e. The number of ether oxygens (including phenoxy) is 2. The van der Waals surface area contributed by atoms with Crippen LogP contribution in [0.3, 0.4) is 0 Å². The zero-order chi connectivity index (χ0) is 21.1. The van der Waals surface area contributed by atoms with E-state index in [4.69, 9.17) is 9.47 Å². The van der Waals surface area contributed by atoms with Gasteiger partial charge in [0.25, 0.3) is 5.69 Å². The van der Waals surface area contributed by atoms with Crippen molar-refractivity contribution in [3.63, 3.8) is 0 Å². The van der Waals surface area contributed by atoms with Gasteiger partial charge in [0.2, 0.25) is 5.91 Å². The zero-order valence-electron chi connectivity index (χ0n) is 17.1. The van der Waals surface area contributed by atoms with Crippen LogP contribution in [0.4, 0.5) is 11.4 Å². The van der Waals surface area contributed by atoms with Crippen LogP contribution in [0.1, 0.15) is 22.3 Å². The molecule has 154 valence electrons. The van der Waals surface area contributed by atoms with Crippen LogP contribution in [0.25, 0.3) is 0 Å². The molecule has 0 fully saturated rings. The summed E-state index contributed by atoms with van der Waals surface area (Å²) in [5.41, 5.74) is 4.09. The molecular formula is C21H25N3O5. The first-order chi connectivity index (χ1) is 13.8. The summed E-state index contributed by atoms with van der Waals surface area (Å²) in [7, 11) is 3.20. The summed E-state index contributed by atoms with van der Waals surface area (Å²) in [5.74, 6) is 1.07. The molecule has 1 amide bonds. The van der Waals surface area contributed by atoms with Crippen LogP contribution in [0.5, 0.6) is 11.5 Å². The summed E-state index contributed by atoms with van der Waals surface area (Å²) >= 11 is 0. The monoisotopic (exact) mass is 399 g/mol. The fourth-order valence-electron chi connectivity index (χ4n) is 3.52. The Hall–Kier alpha value is -3.13. The van der Waals surface area contributed by atoms with E-state index in [1.807, 2.05) is 30.9 Å². The van der Waals surface area contributed by atoms with Crippen LogP contribution in [0, 0.1) is 24.0 Å². The Labute approximate surface area is 169 Å². The number of nitrogens with one attached hydrogen (secondary N) is 1. The fourth-order valence-corrected chi connectivity index (χ4v) is 3.52. The Morgan fingerprint density at radius 3 is 2.34 bits per heavy atom. The summed E-state index contributed by atoms with van der Waals surface area (Å²) in [6.07, 6.45) is 0.784. The van der Waals surface area contributed by atoms with Crippen molar-refractivity contribution in [3.05, 3.63) is 56.6 Å². The molecule has 0 aliphatic carbocycles. The average Bonchev–Trinajstić information content (AvgIpc) is 2.69. The van der Waals surface area contributed by atoms with Crippen molar-refractivity contribution in [1.29, 1.82) is 0 Å². The number of benzene rings is 2. The first-order valence-corrected chi connectivity index (χ1v) is 9.34. The van der Waals surface area contributed by atoms with E-state index in [0.717, 1.165) is 23.1 Å². The molecule has 1 aliphatic heterocycles. The number of anilines is 1. The number of aryl methyl sites for hydroxylation is 2. The molecule has 2 aromatic carbocycles. The Bertz CT molecular complexity index is 958. The molecule has 8 nitrogen and oxygen atoms in total. The molecule has 0 radical (unpaired) electrons. The van der Waals surface area contributed by atoms with Gasteiger partial charge in [-0.05, 0) is 60.7 Å². The molecule has 0 unspecified atom stereocenters. The van der Waals surface area contributed by atoms with Crippen LogP contribution < -0.4 is 14.8 Å². The van der Waals surface area contributed by atoms with Crippen molar-refractivity contribution in [2.45, 2.75) is 26.8 Å². The van der Waals surface area contributed by atoms with Crippen LogP contribution in [0.15, 0.2) is 24.3 Å². The number of nitrogens with zero attached hydrogens (tertiary/aromatic N) is 2. The number of nitro groups is 1. The summed E-state index contributed by atoms with van der Waals surface area (Å²) in [4.78, 5) is 25.4. The predicted molar refractivity (Wildman–Crippen MR) is 110 cm³/mol. The third-order valence-corrected chi connectivity index (χ3v) is 5.25. The molecule has 2 aromatic rings. The van der Waals surface area contributed by atoms with Gasteiger partial charge in [0, 0.05) is 19.2 Å². The normalized spacial score (nSPS) is 13.5. The van der Waals surface area contributed by atoms with Gasteiger partial charge in [-0.3, -0.25) is 19.8 Å². The highest BCUT2D eigenvalue weighted by Crippen LogP contribution is 2.33. The lowest BCUT2D eigenvalue weighted by Gasteiger charge is -2.29. The van der Waals surface area contributed by atoms with Gasteiger partial charge < -0.3 is 14.8 Å². The van der Waals surface area contributed by atoms with Crippen molar-refractivity contribution >= 4 is 17.3 Å². The van der Waals surface area contributed by atoms with Gasteiger partial charge in [-0.1, -0.05) is 0 Å². The van der Waals surface area contributed by atoms with Gasteiger partial charge in [-0.25, -0.2) is 0 Å². The third-order valence-electron chi connectivity index (χ3n) is 5.25. The number of nitro benzene ring substituents is 1. The fraction of sp³-hybridized carbons (Fsp3) is 0.381. The Balaban J connectivity index is 1.72. The number of carbonyl (C=O) groups excluding carboxylic acids is 1. The summed E-state index contributed by atoms with van der Waals surface area (Å²) in [6, 6.07) is 7.05. The van der Waals surface area contributed by atoms with E-state index in [-0.39, 0.29) is 23.8 Å². The van der Waals surface area contributed by atoms with E-state index in [1.54, 1.807) is 20.3 Å². The molecule has 3 rings (SSSR count). The van der Waals surface area contributed by atoms with Gasteiger partial charge in [0.15, 0.2) is 11.5 Å². The Morgan fingerprint density at radius 2 is 1.72 bits per heavy atom. The third kappa shape index (κ3) is 4.48. The van der Waals surface area contributed by atoms with E-state index in [9.17, 15) is 14.9 Å². The molecule has 29 heavy (non-hydrogen) atoms. The molecule has 0 saturated carbocycles. The second-order valence-corrected chi connectivity index (χ2v) is 7.20. The van der Waals surface area contributed by atoms with Crippen molar-refractivity contribution in [1.82, 2.24) is 4.90 Å². The van der Waals surface area contributed by atoms with Crippen LogP contribution >= 0.6 is 0 Å². The highest BCUT2D eigenvalue weighted by molar-refractivity contribution is 5.94. The van der Waals surface area contributed by atoms with Crippen molar-refractivity contribution in [3.8, 4) is 11.5 Å². The van der Waals surface area contributed by atoms with E-state index in [1.165, 1.54) is 11.6 Å². The first-order valence-electron chi connectivity index (χ1n) is 9.34. The number of rotatable bonds is 6. The number of methoxy groups -OCH3 is 2. The second kappa shape index (κ2) is 8.48. The Kier molecular flexibility index (Phi) is 6.03. The maximum absolute atomic E-state index is 12.6. The lowest BCUT2D eigenvalue weighted by Crippen LogP contribution is -2.37. The topological polar surface area (TPSA) is 93.9 Å². The molecule has 1 N–H and O–H groups in total. The average molecular weight is 399 g/mol. The number of hydrogen-bond acceptors (Lipinski definition) is 6. The smallest absolute Gasteiger partial charge is 0.293 e. The van der Waals surface area contributed by atoms with E-state index < -0.39 is 4.92 Å². The SMILES string of the molecule is COc1cc2c(cc1OC)CN(CC(=O)Nc1cc(C)c(C)cc1[N+](=O)[O-])CC2. The Morgan fingerprint density at radius 1 is 1.10 bits per heavy atom. The van der Waals surface area contributed by atoms with Gasteiger partial charge in [0.05, 0.1) is 25.7 Å². The molecule has 0 spiro atoms. The number of hydrogen-bond donors (Lipinski definition) is 1. The molecule has 8 heteroatoms. The number of amides is 1. The minimum atomic E-state index is -0.473. The molecule has 0 bridgehead atoms. The standard InChI is InChI=1S/C21H25N3O5/c1-13-7-17(18(24(26)27)8-14(13)2)22-21(25)12-23-6-5-15-9-19(28-3)20(29-4)10-16(15)11-23/h7-10H,5-6,11-12H2,1-4H3,(H,22,25). The van der Waals surface area contributed by atoms with Crippen LogP contribution in [0.2, 0.25) is 0 Å². The lowest BCUT2D eigenvalue weighted by molar-refractivity contribution is -0.384. The van der Waals surface area contributed by atoms with Crippen molar-refractivity contribution in [2.24, 2.45) is 0 Å². The van der Waals surface area contributed by atoms with Gasteiger partial charge in [-0.15, -0.1) is 0 Å². The highest BCUT2D eigenvalue weighted by atomic mass is 16.6. The van der Waals surface area contributed by atoms with Gasteiger partial charge in [0.1, 0.15) is 5.69 Å². The van der Waals surface area contributed by atoms with E-state index in [2.05, 4.69) is 5.32 Å². The summed E-state index contributed by atoms with van der Waals surface area (Å²) in [5, 5.41) is 14.0. The molecule has 1 aliphatic rings. The molecule has 1 heterocycles. The quantitative estimate of drug-likeness (QED) is 0.592. The van der Waals surface area contributed by atoms with E-state index in [0.29, 0.717) is 24.6 Å². The van der Waals surface area contributed by atoms with Crippen LogP contribution in [-0.4, -0.2) is 43.0 Å². The lowest BCUT2D eigenvalue weighted by atomic mass is 9.99. The minimum absolute atomic E-state index is 0.0951. The molecule has 0 atom stereocenters. The van der Waals surface area contributed by atoms with Gasteiger partial charge in [-0.2, -0.15) is 0 Å². The van der Waals surface area contributed by atoms with Crippen molar-refractivity contribution in [2.75, 3.05) is 32.6 Å². The predicted octanol–water partition coefficient (Wildman–Crippen LogP) is 3.23. The second-order valence-electron chi connectivity index (χ2n) is 7.20. The minimum Gasteiger partial charge on any atom is -0.493 e. The molecule has 0 saturated heterocycles. The number of fused-ring (bicyclic) bond motifs is 1. The number of carbonyl (C=O) groups is 1. The van der Waals surface area contributed by atoms with Crippen LogP contribution in [-0.2, 0) is 17.8 Å². The van der Waals surface area contributed by atoms with Crippen molar-refractivity contribution < 1.29 is 19.2 Å². The largest absolute Gasteiger partial charge is 0.493 e. The first kappa shape index (κ1) is 20.6. The highest BCUT2D eigenvalue weighted by Gasteiger charge is 2.23. The maximum atomic E-state index is 12.6. The molecular weight excluding hydrogens is 374 g/mol.